The number of benzene rings is 1. The van der Waals surface area contributed by atoms with Crippen LogP contribution in [0.3, 0.4) is 0 Å². The molecular formula is C14H17NO2. The van der Waals surface area contributed by atoms with Crippen LogP contribution in [0.25, 0.3) is 0 Å². The SMILES string of the molecule is COc1c(C)cc(C(=O)C#CN(C)C)cc1C. The first-order valence-corrected chi connectivity index (χ1v) is 5.34. The van der Waals surface area contributed by atoms with Crippen LogP contribution in [0.2, 0.25) is 0 Å². The molecule has 90 valence electrons. The zero-order chi connectivity index (χ0) is 13.0. The number of methoxy groups -OCH3 is 1. The second-order valence-electron chi connectivity index (χ2n) is 4.10. The fraction of sp³-hybridized carbons (Fsp3) is 0.357. The van der Waals surface area contributed by atoms with Crippen molar-refractivity contribution in [1.82, 2.24) is 4.90 Å². The van der Waals surface area contributed by atoms with Gasteiger partial charge in [0.1, 0.15) is 5.75 Å². The number of ketones is 1. The predicted octanol–water partition coefficient (Wildman–Crippen LogP) is 2.02. The average Bonchev–Trinajstić information content (AvgIpc) is 2.25. The maximum absolute atomic E-state index is 11.8. The van der Waals surface area contributed by atoms with Crippen molar-refractivity contribution in [3.63, 3.8) is 0 Å². The Morgan fingerprint density at radius 1 is 1.24 bits per heavy atom. The molecule has 0 N–H and O–H groups in total. The number of carbonyl (C=O) groups is 1. The molecule has 0 atom stereocenters. The van der Waals surface area contributed by atoms with Gasteiger partial charge in [0.05, 0.1) is 7.11 Å². The molecule has 0 aromatic heterocycles. The van der Waals surface area contributed by atoms with Gasteiger partial charge in [-0.05, 0) is 43.0 Å². The second-order valence-corrected chi connectivity index (χ2v) is 4.10. The zero-order valence-electron chi connectivity index (χ0n) is 10.9. The number of hydrogen-bond acceptors (Lipinski definition) is 3. The molecule has 3 nitrogen and oxygen atoms in total. The van der Waals surface area contributed by atoms with Crippen molar-refractivity contribution in [1.29, 1.82) is 0 Å². The fourth-order valence-corrected chi connectivity index (χ4v) is 1.64. The van der Waals surface area contributed by atoms with E-state index in [4.69, 9.17) is 4.74 Å². The summed E-state index contributed by atoms with van der Waals surface area (Å²) in [6.07, 6.45) is 0. The van der Waals surface area contributed by atoms with E-state index in [2.05, 4.69) is 12.0 Å². The zero-order valence-corrected chi connectivity index (χ0v) is 10.9. The van der Waals surface area contributed by atoms with Gasteiger partial charge < -0.3 is 9.64 Å². The number of carbonyl (C=O) groups excluding carboxylic acids is 1. The third-order valence-electron chi connectivity index (χ3n) is 2.32. The van der Waals surface area contributed by atoms with E-state index in [0.717, 1.165) is 16.9 Å². The van der Waals surface area contributed by atoms with Gasteiger partial charge in [-0.15, -0.1) is 0 Å². The van der Waals surface area contributed by atoms with Crippen LogP contribution in [0, 0.1) is 25.8 Å². The molecule has 1 rings (SSSR count). The minimum absolute atomic E-state index is 0.174. The standard InChI is InChI=1S/C14H17NO2/c1-10-8-12(9-11(2)14(10)17-5)13(16)6-7-15(3)4/h8-9H,1-5H3. The lowest BCUT2D eigenvalue weighted by molar-refractivity contribution is 0.105. The molecule has 1 aromatic carbocycles. The lowest BCUT2D eigenvalue weighted by Crippen LogP contribution is -2.04. The van der Waals surface area contributed by atoms with Crippen molar-refractivity contribution in [2.24, 2.45) is 0 Å². The molecule has 0 saturated carbocycles. The van der Waals surface area contributed by atoms with Crippen LogP contribution in [-0.4, -0.2) is 31.9 Å². The number of nitrogens with zero attached hydrogens (tertiary/aromatic N) is 1. The third kappa shape index (κ3) is 3.25. The van der Waals surface area contributed by atoms with Crippen molar-refractivity contribution in [3.05, 3.63) is 28.8 Å². The largest absolute Gasteiger partial charge is 0.496 e. The van der Waals surface area contributed by atoms with Crippen molar-refractivity contribution in [3.8, 4) is 17.7 Å². The molecule has 0 aliphatic rings. The molecule has 0 aliphatic carbocycles. The molecule has 0 saturated heterocycles. The second kappa shape index (κ2) is 5.40. The summed E-state index contributed by atoms with van der Waals surface area (Å²) in [5.41, 5.74) is 2.50. The predicted molar refractivity (Wildman–Crippen MR) is 68.3 cm³/mol. The average molecular weight is 231 g/mol. The Labute approximate surface area is 102 Å². The van der Waals surface area contributed by atoms with E-state index in [0.29, 0.717) is 5.56 Å². The van der Waals surface area contributed by atoms with Crippen LogP contribution in [0.15, 0.2) is 12.1 Å². The summed E-state index contributed by atoms with van der Waals surface area (Å²) in [6.45, 7) is 3.84. The quantitative estimate of drug-likeness (QED) is 0.443. The van der Waals surface area contributed by atoms with E-state index in [1.807, 2.05) is 13.8 Å². The highest BCUT2D eigenvalue weighted by atomic mass is 16.5. The number of rotatable bonds is 2. The number of ether oxygens (including phenoxy) is 1. The smallest absolute Gasteiger partial charge is 0.237 e. The normalized spacial score (nSPS) is 9.24. The van der Waals surface area contributed by atoms with Crippen molar-refractivity contribution in [2.75, 3.05) is 21.2 Å². The Bertz CT molecular complexity index is 470. The molecule has 17 heavy (non-hydrogen) atoms. The molecule has 3 heteroatoms. The van der Waals surface area contributed by atoms with Crippen molar-refractivity contribution < 1.29 is 9.53 Å². The molecule has 0 fully saturated rings. The summed E-state index contributed by atoms with van der Waals surface area (Å²) >= 11 is 0. The third-order valence-corrected chi connectivity index (χ3v) is 2.32. The molecule has 0 spiro atoms. The maximum Gasteiger partial charge on any atom is 0.237 e. The van der Waals surface area contributed by atoms with Crippen molar-refractivity contribution in [2.45, 2.75) is 13.8 Å². The van der Waals surface area contributed by atoms with E-state index in [1.54, 1.807) is 38.2 Å². The highest BCUT2D eigenvalue weighted by molar-refractivity contribution is 6.09. The van der Waals surface area contributed by atoms with E-state index in [9.17, 15) is 4.79 Å². The van der Waals surface area contributed by atoms with Crippen LogP contribution in [0.4, 0.5) is 0 Å². The van der Waals surface area contributed by atoms with Gasteiger partial charge in [0.15, 0.2) is 0 Å². The monoisotopic (exact) mass is 231 g/mol. The molecule has 1 aromatic rings. The van der Waals surface area contributed by atoms with Crippen LogP contribution < -0.4 is 4.74 Å². The van der Waals surface area contributed by atoms with Crippen LogP contribution >= 0.6 is 0 Å². The summed E-state index contributed by atoms with van der Waals surface area (Å²) in [7, 11) is 5.22. The van der Waals surface area contributed by atoms with Crippen molar-refractivity contribution >= 4 is 5.78 Å². The summed E-state index contributed by atoms with van der Waals surface area (Å²) in [5.74, 6) is 3.23. The number of aryl methyl sites for hydroxylation is 2. The van der Waals surface area contributed by atoms with Crippen LogP contribution in [0.5, 0.6) is 5.75 Å². The van der Waals surface area contributed by atoms with E-state index in [-0.39, 0.29) is 5.78 Å². The highest BCUT2D eigenvalue weighted by Crippen LogP contribution is 2.24. The number of hydrogen-bond donors (Lipinski definition) is 0. The lowest BCUT2D eigenvalue weighted by Gasteiger charge is -2.09. The van der Waals surface area contributed by atoms with Gasteiger partial charge in [0.2, 0.25) is 5.78 Å². The topological polar surface area (TPSA) is 29.5 Å². The van der Waals surface area contributed by atoms with Crippen LogP contribution in [0.1, 0.15) is 21.5 Å². The van der Waals surface area contributed by atoms with Crippen LogP contribution in [-0.2, 0) is 0 Å². The minimum Gasteiger partial charge on any atom is -0.496 e. The Morgan fingerprint density at radius 2 is 1.76 bits per heavy atom. The molecule has 0 unspecified atom stereocenters. The molecule has 0 radical (unpaired) electrons. The molecule has 0 aliphatic heterocycles. The Kier molecular flexibility index (Phi) is 4.17. The summed E-state index contributed by atoms with van der Waals surface area (Å²) in [6, 6.07) is 6.32. The summed E-state index contributed by atoms with van der Waals surface area (Å²) in [4.78, 5) is 13.5. The molecule has 0 heterocycles. The summed E-state index contributed by atoms with van der Waals surface area (Å²) in [5, 5.41) is 0. The van der Waals surface area contributed by atoms with Gasteiger partial charge in [-0.1, -0.05) is 0 Å². The Hall–Kier alpha value is -1.95. The van der Waals surface area contributed by atoms with E-state index >= 15 is 0 Å². The summed E-state index contributed by atoms with van der Waals surface area (Å²) < 4.78 is 5.25. The molecule has 0 amide bonds. The minimum atomic E-state index is -0.174. The molecular weight excluding hydrogens is 214 g/mol. The number of Topliss-reactive ketones (excluding diaryl/α,β-unsaturated/α-hetero) is 1. The fourth-order valence-electron chi connectivity index (χ4n) is 1.64. The lowest BCUT2D eigenvalue weighted by atomic mass is 10.0. The maximum atomic E-state index is 11.8. The van der Waals surface area contributed by atoms with Gasteiger partial charge in [-0.25, -0.2) is 0 Å². The van der Waals surface area contributed by atoms with Gasteiger partial charge >= 0.3 is 0 Å². The van der Waals surface area contributed by atoms with Gasteiger partial charge in [-0.2, -0.15) is 0 Å². The highest BCUT2D eigenvalue weighted by Gasteiger charge is 2.09. The Balaban J connectivity index is 3.10. The van der Waals surface area contributed by atoms with E-state index in [1.165, 1.54) is 0 Å². The van der Waals surface area contributed by atoms with Gasteiger partial charge in [0, 0.05) is 25.7 Å². The first-order chi connectivity index (χ1) is 7.95. The first kappa shape index (κ1) is 13.1. The molecule has 0 bridgehead atoms. The van der Waals surface area contributed by atoms with Gasteiger partial charge in [0.25, 0.3) is 0 Å². The van der Waals surface area contributed by atoms with E-state index < -0.39 is 0 Å². The first-order valence-electron chi connectivity index (χ1n) is 5.34. The Morgan fingerprint density at radius 3 is 2.18 bits per heavy atom. The van der Waals surface area contributed by atoms with Gasteiger partial charge in [-0.3, -0.25) is 4.79 Å².